The van der Waals surface area contributed by atoms with Crippen LogP contribution in [0.1, 0.15) is 61.5 Å². The lowest BCUT2D eigenvalue weighted by Gasteiger charge is -2.29. The average Bonchev–Trinajstić information content (AvgIpc) is 3.06. The highest BCUT2D eigenvalue weighted by molar-refractivity contribution is 5.97. The Morgan fingerprint density at radius 3 is 1.90 bits per heavy atom. The van der Waals surface area contributed by atoms with Gasteiger partial charge in [-0.3, -0.25) is 33.7 Å². The van der Waals surface area contributed by atoms with E-state index in [0.717, 1.165) is 4.57 Å². The largest absolute Gasteiger partial charge is 0.502 e. The first-order valence-corrected chi connectivity index (χ1v) is 15.3. The van der Waals surface area contributed by atoms with E-state index in [1.54, 1.807) is 0 Å². The molecule has 0 radical (unpaired) electrons. The number of aliphatic hydroxyl groups excluding tert-OH is 2. The Labute approximate surface area is 274 Å². The fourth-order valence-electron chi connectivity index (χ4n) is 5.02. The summed E-state index contributed by atoms with van der Waals surface area (Å²) in [6.07, 6.45) is 5.74. The SMILES string of the molecule is Cn1ccc(C(=O)NC(CCCCN)CN(CCNC(=O)c2cc[nH]c(=O)c2CO)CCNC(=O)c2cc[nH]c(=O)c2CO)c(O)c1=O. The number of rotatable bonds is 18. The standard InChI is InChI=1S/C31H42N8O9/c1-38-13-7-22(25(42)31(38)48)30(47)37-19(4-2-3-8-32)16-39(14-11-35-26(43)20-5-9-33-28(45)23(20)17-40)15-12-36-27(44)21-6-10-34-29(46)24(21)18-41/h5-7,9-10,13,19,40-42H,2-4,8,11-12,14-18,32H2,1H3,(H,33,45)(H,34,46)(H,35,43)(H,36,44)(H,37,47). The summed E-state index contributed by atoms with van der Waals surface area (Å²) in [5.41, 5.74) is 3.43. The van der Waals surface area contributed by atoms with E-state index in [9.17, 15) is 44.1 Å². The van der Waals surface area contributed by atoms with E-state index in [2.05, 4.69) is 25.9 Å². The molecule has 0 fully saturated rings. The van der Waals surface area contributed by atoms with Gasteiger partial charge in [0.15, 0.2) is 5.75 Å². The number of hydrogen-bond donors (Lipinski definition) is 9. The second-order valence-electron chi connectivity index (χ2n) is 11.0. The van der Waals surface area contributed by atoms with Gasteiger partial charge >= 0.3 is 0 Å². The molecule has 0 saturated heterocycles. The summed E-state index contributed by atoms with van der Waals surface area (Å²) in [6, 6.07) is 3.57. The Kier molecular flexibility index (Phi) is 14.2. The number of aromatic hydroxyl groups is 1. The van der Waals surface area contributed by atoms with Gasteiger partial charge in [-0.25, -0.2) is 0 Å². The molecular formula is C31H42N8O9. The molecule has 1 atom stereocenters. The van der Waals surface area contributed by atoms with Crippen LogP contribution in [0.5, 0.6) is 5.75 Å². The molecular weight excluding hydrogens is 628 g/mol. The van der Waals surface area contributed by atoms with E-state index < -0.39 is 59.4 Å². The van der Waals surface area contributed by atoms with Crippen LogP contribution in [0.15, 0.2) is 51.2 Å². The van der Waals surface area contributed by atoms with Crippen molar-refractivity contribution >= 4 is 17.7 Å². The molecule has 0 spiro atoms. The highest BCUT2D eigenvalue weighted by Gasteiger charge is 2.22. The van der Waals surface area contributed by atoms with Crippen LogP contribution >= 0.6 is 0 Å². The van der Waals surface area contributed by atoms with Crippen LogP contribution in [-0.2, 0) is 20.3 Å². The van der Waals surface area contributed by atoms with Gasteiger partial charge in [0.1, 0.15) is 0 Å². The summed E-state index contributed by atoms with van der Waals surface area (Å²) in [7, 11) is 1.44. The van der Waals surface area contributed by atoms with E-state index >= 15 is 0 Å². The van der Waals surface area contributed by atoms with E-state index in [1.807, 2.05) is 4.90 Å². The Balaban J connectivity index is 1.78. The molecule has 48 heavy (non-hydrogen) atoms. The lowest BCUT2D eigenvalue weighted by molar-refractivity contribution is 0.0917. The van der Waals surface area contributed by atoms with Crippen LogP contribution < -0.4 is 38.4 Å². The van der Waals surface area contributed by atoms with Crippen LogP contribution in [0.25, 0.3) is 0 Å². The average molecular weight is 671 g/mol. The predicted octanol–water partition coefficient (Wildman–Crippen LogP) is -2.16. The molecule has 3 aromatic heterocycles. The molecule has 0 bridgehead atoms. The van der Waals surface area contributed by atoms with E-state index in [0.29, 0.717) is 25.8 Å². The topological polar surface area (TPSA) is 265 Å². The number of hydrogen-bond acceptors (Lipinski definition) is 11. The fourth-order valence-corrected chi connectivity index (χ4v) is 5.02. The minimum Gasteiger partial charge on any atom is -0.502 e. The van der Waals surface area contributed by atoms with Gasteiger partial charge < -0.3 is 51.5 Å². The van der Waals surface area contributed by atoms with Crippen LogP contribution in [0.2, 0.25) is 0 Å². The van der Waals surface area contributed by atoms with E-state index in [4.69, 9.17) is 5.73 Å². The number of aromatic nitrogens is 3. The lowest BCUT2D eigenvalue weighted by Crippen LogP contribution is -2.48. The predicted molar refractivity (Wildman–Crippen MR) is 175 cm³/mol. The summed E-state index contributed by atoms with van der Waals surface area (Å²) in [5, 5.41) is 37.8. The molecule has 0 aliphatic rings. The Morgan fingerprint density at radius 2 is 1.40 bits per heavy atom. The normalized spacial score (nSPS) is 11.7. The third-order valence-corrected chi connectivity index (χ3v) is 7.67. The molecule has 0 saturated carbocycles. The molecule has 3 rings (SSSR count). The van der Waals surface area contributed by atoms with Crippen molar-refractivity contribution in [3.63, 3.8) is 0 Å². The van der Waals surface area contributed by atoms with Gasteiger partial charge in [-0.15, -0.1) is 0 Å². The quantitative estimate of drug-likeness (QED) is 0.0658. The minimum absolute atomic E-state index is 0.0123. The maximum Gasteiger partial charge on any atom is 0.293 e. The van der Waals surface area contributed by atoms with Crippen LogP contribution in [-0.4, -0.2) is 97.8 Å². The molecule has 0 aromatic carbocycles. The van der Waals surface area contributed by atoms with E-state index in [1.165, 1.54) is 43.8 Å². The van der Waals surface area contributed by atoms with Crippen molar-refractivity contribution in [3.8, 4) is 5.75 Å². The maximum atomic E-state index is 13.2. The first kappa shape index (κ1) is 37.4. The number of nitrogens with two attached hydrogens (primary N) is 1. The highest BCUT2D eigenvalue weighted by Crippen LogP contribution is 2.12. The molecule has 3 amide bonds. The van der Waals surface area contributed by atoms with Gasteiger partial charge in [-0.05, 0) is 37.6 Å². The molecule has 17 nitrogen and oxygen atoms in total. The van der Waals surface area contributed by atoms with Crippen molar-refractivity contribution in [2.75, 3.05) is 39.3 Å². The van der Waals surface area contributed by atoms with Crippen molar-refractivity contribution in [1.82, 2.24) is 35.4 Å². The molecule has 260 valence electrons. The third kappa shape index (κ3) is 9.95. The zero-order chi connectivity index (χ0) is 35.2. The highest BCUT2D eigenvalue weighted by atomic mass is 16.3. The number of aromatic amines is 2. The zero-order valence-corrected chi connectivity index (χ0v) is 26.6. The third-order valence-electron chi connectivity index (χ3n) is 7.67. The number of carbonyl (C=O) groups is 3. The summed E-state index contributed by atoms with van der Waals surface area (Å²) < 4.78 is 1.14. The smallest absolute Gasteiger partial charge is 0.293 e. The van der Waals surface area contributed by atoms with Gasteiger partial charge in [0.05, 0.1) is 41.0 Å². The second kappa shape index (κ2) is 18.3. The number of nitrogens with one attached hydrogen (secondary N) is 5. The van der Waals surface area contributed by atoms with Crippen molar-refractivity contribution in [2.24, 2.45) is 12.8 Å². The van der Waals surface area contributed by atoms with Gasteiger partial charge in [-0.2, -0.15) is 0 Å². The lowest BCUT2D eigenvalue weighted by atomic mass is 10.1. The number of aryl methyl sites for hydroxylation is 1. The number of carbonyl (C=O) groups excluding carboxylic acids is 3. The van der Waals surface area contributed by atoms with Crippen molar-refractivity contribution < 1.29 is 29.7 Å². The zero-order valence-electron chi connectivity index (χ0n) is 26.6. The van der Waals surface area contributed by atoms with Crippen molar-refractivity contribution in [3.05, 3.63) is 95.7 Å². The van der Waals surface area contributed by atoms with Gasteiger partial charge in [-0.1, -0.05) is 6.42 Å². The fraction of sp³-hybridized carbons (Fsp3) is 0.419. The summed E-state index contributed by atoms with van der Waals surface area (Å²) in [5.74, 6) is -2.53. The first-order chi connectivity index (χ1) is 23.0. The monoisotopic (exact) mass is 670 g/mol. The Hall–Kier alpha value is -5.10. The van der Waals surface area contributed by atoms with Crippen LogP contribution in [0, 0.1) is 0 Å². The van der Waals surface area contributed by atoms with Gasteiger partial charge in [0.2, 0.25) is 0 Å². The molecule has 3 aromatic rings. The number of H-pyrrole nitrogens is 2. The second-order valence-corrected chi connectivity index (χ2v) is 11.0. The van der Waals surface area contributed by atoms with Gasteiger partial charge in [0, 0.05) is 64.4 Å². The van der Waals surface area contributed by atoms with Crippen molar-refractivity contribution in [2.45, 2.75) is 38.5 Å². The Morgan fingerprint density at radius 1 is 0.854 bits per heavy atom. The number of amides is 3. The van der Waals surface area contributed by atoms with Crippen LogP contribution in [0.4, 0.5) is 0 Å². The summed E-state index contributed by atoms with van der Waals surface area (Å²) in [6.45, 7) is -0.0500. The number of aliphatic hydroxyl groups is 2. The number of pyridine rings is 3. The molecule has 3 heterocycles. The first-order valence-electron chi connectivity index (χ1n) is 15.3. The van der Waals surface area contributed by atoms with E-state index in [-0.39, 0.29) is 60.5 Å². The number of unbranched alkanes of at least 4 members (excludes halogenated alkanes) is 1. The maximum absolute atomic E-state index is 13.2. The van der Waals surface area contributed by atoms with Gasteiger partial charge in [0.25, 0.3) is 34.4 Å². The molecule has 0 aliphatic heterocycles. The molecule has 0 aliphatic carbocycles. The molecule has 1 unspecified atom stereocenters. The Bertz CT molecular complexity index is 1670. The van der Waals surface area contributed by atoms with Crippen LogP contribution in [0.3, 0.4) is 0 Å². The summed E-state index contributed by atoms with van der Waals surface area (Å²) in [4.78, 5) is 81.8. The number of nitrogens with zero attached hydrogens (tertiary/aromatic N) is 2. The molecule has 10 N–H and O–H groups in total. The van der Waals surface area contributed by atoms with Crippen molar-refractivity contribution in [1.29, 1.82) is 0 Å². The summed E-state index contributed by atoms with van der Waals surface area (Å²) >= 11 is 0. The minimum atomic E-state index is -0.732. The molecule has 17 heteroatoms.